The highest BCUT2D eigenvalue weighted by Gasteiger charge is 2.69. The van der Waals surface area contributed by atoms with Gasteiger partial charge in [0.1, 0.15) is 18.3 Å². The molecule has 0 spiro atoms. The number of aliphatic hydroxyl groups is 3. The highest BCUT2D eigenvalue weighted by Crippen LogP contribution is 2.73. The molecule has 12 heteroatoms. The fourth-order valence-electron chi connectivity index (χ4n) is 12.0. The molecule has 294 valence electrons. The monoisotopic (exact) mass is 734 g/mol. The molecule has 2 saturated carbocycles. The standard InChI is InChI=1S/C40H62O12/c1-21(41)49-30-17-26-25(39(9)16-15-24(40(30,39)10)23-11-14-29(36(5,6)47)52-34(23)46)12-13-28-35(3,4)33(50-22(2)42)27(18-38(26,28)8)51-32(45)20-37(7,48)19-31(43)44/h23-24,27-30,33-34,46-48H,11-20H2,1-10H3,(H,43,44)/t23-,24-,27-,28+,29-,30+,33+,34?,37?,38-,39+,40+/m1/s1. The van der Waals surface area contributed by atoms with Crippen molar-refractivity contribution in [1.82, 2.24) is 0 Å². The first-order chi connectivity index (χ1) is 23.8. The number of rotatable bonds is 9. The zero-order valence-corrected chi connectivity index (χ0v) is 32.7. The summed E-state index contributed by atoms with van der Waals surface area (Å²) in [6, 6.07) is 0. The fraction of sp³-hybridized carbons (Fsp3) is 0.850. The predicted molar refractivity (Wildman–Crippen MR) is 188 cm³/mol. The van der Waals surface area contributed by atoms with E-state index in [1.807, 2.05) is 13.8 Å². The molecule has 12 atom stereocenters. The van der Waals surface area contributed by atoms with Crippen LogP contribution in [0.5, 0.6) is 0 Å². The van der Waals surface area contributed by atoms with Crippen molar-refractivity contribution in [3.8, 4) is 0 Å². The minimum Gasteiger partial charge on any atom is -0.481 e. The Morgan fingerprint density at radius 2 is 1.50 bits per heavy atom. The van der Waals surface area contributed by atoms with Gasteiger partial charge in [-0.3, -0.25) is 19.2 Å². The SMILES string of the molecule is CC(=O)O[C@H]1CC2=C(CC[C@H]3C(C)(C)[C@@H](OC(C)=O)[C@H](OC(=O)CC(C)(O)CC(=O)O)C[C@]23C)[C@]2(C)CC[C@H]([C@H]3CC[C@H](C(C)(C)O)OC3O)[C@@]12C. The highest BCUT2D eigenvalue weighted by molar-refractivity contribution is 5.74. The minimum absolute atomic E-state index is 0.00337. The summed E-state index contributed by atoms with van der Waals surface area (Å²) in [6.07, 6.45) is 0.335. The van der Waals surface area contributed by atoms with Crippen LogP contribution in [0.25, 0.3) is 0 Å². The number of esters is 3. The van der Waals surface area contributed by atoms with E-state index in [0.29, 0.717) is 25.7 Å². The van der Waals surface area contributed by atoms with Crippen molar-refractivity contribution >= 4 is 23.9 Å². The zero-order chi connectivity index (χ0) is 39.0. The molecular formula is C40H62O12. The third kappa shape index (κ3) is 6.94. The van der Waals surface area contributed by atoms with Crippen molar-refractivity contribution in [3.63, 3.8) is 0 Å². The molecule has 0 aromatic heterocycles. The lowest BCUT2D eigenvalue weighted by molar-refractivity contribution is -0.252. The van der Waals surface area contributed by atoms with Gasteiger partial charge in [-0.05, 0) is 88.4 Å². The molecule has 52 heavy (non-hydrogen) atoms. The van der Waals surface area contributed by atoms with E-state index in [2.05, 4.69) is 20.8 Å². The van der Waals surface area contributed by atoms with Gasteiger partial charge >= 0.3 is 23.9 Å². The van der Waals surface area contributed by atoms with Crippen LogP contribution >= 0.6 is 0 Å². The Morgan fingerprint density at radius 3 is 2.06 bits per heavy atom. The molecule has 0 bridgehead atoms. The first-order valence-corrected chi connectivity index (χ1v) is 19.0. The van der Waals surface area contributed by atoms with Gasteiger partial charge in [0.15, 0.2) is 6.29 Å². The number of carboxylic acids is 1. The van der Waals surface area contributed by atoms with Crippen LogP contribution in [0.2, 0.25) is 0 Å². The van der Waals surface area contributed by atoms with E-state index in [9.17, 15) is 39.6 Å². The number of carbonyl (C=O) groups excluding carboxylic acids is 3. The maximum atomic E-state index is 13.4. The second-order valence-corrected chi connectivity index (χ2v) is 18.8. The van der Waals surface area contributed by atoms with Crippen LogP contribution in [0.1, 0.15) is 133 Å². The molecule has 0 radical (unpaired) electrons. The van der Waals surface area contributed by atoms with Crippen molar-refractivity contribution < 1.29 is 58.6 Å². The first-order valence-electron chi connectivity index (χ1n) is 19.0. The molecule has 5 rings (SSSR count). The second-order valence-electron chi connectivity index (χ2n) is 18.8. The number of carbonyl (C=O) groups is 4. The zero-order valence-electron chi connectivity index (χ0n) is 32.7. The van der Waals surface area contributed by atoms with Gasteiger partial charge in [0, 0.05) is 37.0 Å². The Morgan fingerprint density at radius 1 is 0.865 bits per heavy atom. The van der Waals surface area contributed by atoms with E-state index in [1.165, 1.54) is 31.9 Å². The maximum Gasteiger partial charge on any atom is 0.309 e. The van der Waals surface area contributed by atoms with Gasteiger partial charge < -0.3 is 39.4 Å². The number of hydrogen-bond donors (Lipinski definition) is 4. The van der Waals surface area contributed by atoms with Crippen molar-refractivity contribution in [2.45, 2.75) is 175 Å². The summed E-state index contributed by atoms with van der Waals surface area (Å²) < 4.78 is 24.4. The van der Waals surface area contributed by atoms with Crippen molar-refractivity contribution in [1.29, 1.82) is 0 Å². The number of ether oxygens (including phenoxy) is 4. The van der Waals surface area contributed by atoms with Crippen LogP contribution in [0.3, 0.4) is 0 Å². The fourth-order valence-corrected chi connectivity index (χ4v) is 12.0. The van der Waals surface area contributed by atoms with Crippen LogP contribution < -0.4 is 0 Å². The van der Waals surface area contributed by atoms with Crippen molar-refractivity contribution in [3.05, 3.63) is 11.1 Å². The summed E-state index contributed by atoms with van der Waals surface area (Å²) in [5.41, 5.74) is -2.60. The van der Waals surface area contributed by atoms with Crippen LogP contribution in [-0.4, -0.2) is 86.2 Å². The third-order valence-corrected chi connectivity index (χ3v) is 14.4. The predicted octanol–water partition coefficient (Wildman–Crippen LogP) is 5.23. The lowest BCUT2D eigenvalue weighted by Gasteiger charge is -2.64. The Labute approximate surface area is 308 Å². The third-order valence-electron chi connectivity index (χ3n) is 14.4. The van der Waals surface area contributed by atoms with Gasteiger partial charge in [-0.2, -0.15) is 0 Å². The van der Waals surface area contributed by atoms with Gasteiger partial charge in [0.05, 0.1) is 30.1 Å². The summed E-state index contributed by atoms with van der Waals surface area (Å²) in [5.74, 6) is -3.15. The topological polar surface area (TPSA) is 186 Å². The summed E-state index contributed by atoms with van der Waals surface area (Å²) in [5, 5.41) is 42.0. The number of aliphatic hydroxyl groups excluding tert-OH is 1. The Kier molecular flexibility index (Phi) is 10.7. The number of allylic oxidation sites excluding steroid dienone is 1. The summed E-state index contributed by atoms with van der Waals surface area (Å²) in [7, 11) is 0. The molecule has 0 amide bonds. The van der Waals surface area contributed by atoms with E-state index in [-0.39, 0.29) is 23.7 Å². The number of hydrogen-bond acceptors (Lipinski definition) is 11. The minimum atomic E-state index is -1.83. The lowest BCUT2D eigenvalue weighted by Crippen LogP contribution is -2.63. The Hall–Kier alpha value is -2.54. The molecule has 2 unspecified atom stereocenters. The summed E-state index contributed by atoms with van der Waals surface area (Å²) >= 11 is 0. The van der Waals surface area contributed by atoms with E-state index in [1.54, 1.807) is 13.8 Å². The summed E-state index contributed by atoms with van der Waals surface area (Å²) in [6.45, 7) is 18.1. The van der Waals surface area contributed by atoms with Crippen molar-refractivity contribution in [2.24, 2.45) is 39.4 Å². The molecule has 4 N–H and O–H groups in total. The van der Waals surface area contributed by atoms with E-state index < -0.39 is 94.3 Å². The van der Waals surface area contributed by atoms with Gasteiger partial charge in [0.2, 0.25) is 0 Å². The van der Waals surface area contributed by atoms with Crippen LogP contribution in [0.15, 0.2) is 11.1 Å². The largest absolute Gasteiger partial charge is 0.481 e. The van der Waals surface area contributed by atoms with Crippen LogP contribution in [0, 0.1) is 39.4 Å². The van der Waals surface area contributed by atoms with E-state index in [4.69, 9.17) is 18.9 Å². The lowest BCUT2D eigenvalue weighted by atomic mass is 9.42. The van der Waals surface area contributed by atoms with Crippen LogP contribution in [0.4, 0.5) is 0 Å². The molecule has 1 heterocycles. The Bertz CT molecular complexity index is 1470. The van der Waals surface area contributed by atoms with Gasteiger partial charge in [-0.25, -0.2) is 0 Å². The molecule has 12 nitrogen and oxygen atoms in total. The maximum absolute atomic E-state index is 13.4. The molecule has 5 aliphatic rings. The molecule has 4 aliphatic carbocycles. The average molecular weight is 735 g/mol. The average Bonchev–Trinajstić information content (AvgIpc) is 3.25. The number of carboxylic acid groups (broad SMARTS) is 1. The normalized spacial score (nSPS) is 41.1. The molecule has 3 fully saturated rings. The molecule has 1 aliphatic heterocycles. The number of fused-ring (bicyclic) bond motifs is 4. The molecule has 0 aromatic carbocycles. The number of aliphatic carboxylic acids is 1. The van der Waals surface area contributed by atoms with Gasteiger partial charge in [-0.15, -0.1) is 0 Å². The second kappa shape index (κ2) is 13.6. The van der Waals surface area contributed by atoms with E-state index in [0.717, 1.165) is 25.7 Å². The smallest absolute Gasteiger partial charge is 0.309 e. The first kappa shape index (κ1) is 40.6. The quantitative estimate of drug-likeness (QED) is 0.138. The van der Waals surface area contributed by atoms with E-state index >= 15 is 0 Å². The highest BCUT2D eigenvalue weighted by atomic mass is 16.6. The van der Waals surface area contributed by atoms with Gasteiger partial charge in [0.25, 0.3) is 0 Å². The van der Waals surface area contributed by atoms with Gasteiger partial charge in [-0.1, -0.05) is 45.8 Å². The van der Waals surface area contributed by atoms with Crippen LogP contribution in [-0.2, 0) is 38.1 Å². The summed E-state index contributed by atoms with van der Waals surface area (Å²) in [4.78, 5) is 50.1. The molecule has 1 saturated heterocycles. The Balaban J connectivity index is 1.55. The van der Waals surface area contributed by atoms with Crippen molar-refractivity contribution in [2.75, 3.05) is 0 Å². The molecule has 0 aromatic rings. The molecular weight excluding hydrogens is 672 g/mol.